The lowest BCUT2D eigenvalue weighted by Crippen LogP contribution is -2.07. The Morgan fingerprint density at radius 2 is 2.05 bits per heavy atom. The number of halogens is 3. The Morgan fingerprint density at radius 1 is 1.35 bits per heavy atom. The predicted molar refractivity (Wildman–Crippen MR) is 62.5 cm³/mol. The van der Waals surface area contributed by atoms with Gasteiger partial charge in [0.15, 0.2) is 0 Å². The molecule has 0 aliphatic carbocycles. The van der Waals surface area contributed by atoms with Crippen LogP contribution in [-0.2, 0) is 6.18 Å². The summed E-state index contributed by atoms with van der Waals surface area (Å²) in [6.07, 6.45) is -4.60. The third kappa shape index (κ3) is 2.58. The lowest BCUT2D eigenvalue weighted by Gasteiger charge is -2.12. The zero-order valence-electron chi connectivity index (χ0n) is 10.2. The number of carbonyl (C=O) groups is 1. The van der Waals surface area contributed by atoms with Crippen LogP contribution in [0.1, 0.15) is 16.1 Å². The molecule has 0 atom stereocenters. The van der Waals surface area contributed by atoms with Gasteiger partial charge in [0.05, 0.1) is 18.4 Å². The summed E-state index contributed by atoms with van der Waals surface area (Å²) >= 11 is 0. The SMILES string of the molecule is COc1ccc(-c2cc(C(=O)O)[nH]n2)c(C(F)(F)F)c1. The number of aromatic amines is 1. The van der Waals surface area contributed by atoms with Gasteiger partial charge < -0.3 is 9.84 Å². The molecule has 0 spiro atoms. The number of carboxylic acid groups (broad SMARTS) is 1. The minimum Gasteiger partial charge on any atom is -0.497 e. The highest BCUT2D eigenvalue weighted by Gasteiger charge is 2.35. The average Bonchev–Trinajstić information content (AvgIpc) is 2.86. The summed E-state index contributed by atoms with van der Waals surface area (Å²) in [5.74, 6) is -1.25. The van der Waals surface area contributed by atoms with Crippen molar-refractivity contribution in [1.82, 2.24) is 10.2 Å². The van der Waals surface area contributed by atoms with Crippen molar-refractivity contribution >= 4 is 5.97 Å². The molecule has 5 nitrogen and oxygen atoms in total. The summed E-state index contributed by atoms with van der Waals surface area (Å²) < 4.78 is 43.8. The number of benzene rings is 1. The third-order valence-electron chi connectivity index (χ3n) is 2.62. The predicted octanol–water partition coefficient (Wildman–Crippen LogP) is 2.80. The molecular formula is C12H9F3N2O3. The minimum atomic E-state index is -4.60. The van der Waals surface area contributed by atoms with Crippen molar-refractivity contribution in [1.29, 1.82) is 0 Å². The molecule has 0 aliphatic rings. The van der Waals surface area contributed by atoms with Crippen molar-refractivity contribution in [2.75, 3.05) is 7.11 Å². The molecule has 0 saturated heterocycles. The number of ether oxygens (including phenoxy) is 1. The number of methoxy groups -OCH3 is 1. The van der Waals surface area contributed by atoms with E-state index in [4.69, 9.17) is 9.84 Å². The zero-order chi connectivity index (χ0) is 14.9. The molecule has 0 saturated carbocycles. The van der Waals surface area contributed by atoms with Crippen LogP contribution in [0, 0.1) is 0 Å². The maximum atomic E-state index is 13.0. The van der Waals surface area contributed by atoms with Crippen LogP contribution in [0.5, 0.6) is 5.75 Å². The first kappa shape index (κ1) is 13.9. The number of hydrogen-bond donors (Lipinski definition) is 2. The quantitative estimate of drug-likeness (QED) is 0.909. The molecule has 1 heterocycles. The van der Waals surface area contributed by atoms with E-state index in [-0.39, 0.29) is 22.7 Å². The number of rotatable bonds is 3. The fourth-order valence-electron chi connectivity index (χ4n) is 1.68. The van der Waals surface area contributed by atoms with E-state index in [1.54, 1.807) is 0 Å². The number of aromatic carboxylic acids is 1. The van der Waals surface area contributed by atoms with Crippen LogP contribution in [0.4, 0.5) is 13.2 Å². The number of H-pyrrole nitrogens is 1. The molecule has 1 aromatic heterocycles. The highest BCUT2D eigenvalue weighted by molar-refractivity contribution is 5.87. The van der Waals surface area contributed by atoms with Gasteiger partial charge in [-0.2, -0.15) is 18.3 Å². The molecule has 0 radical (unpaired) electrons. The summed E-state index contributed by atoms with van der Waals surface area (Å²) in [6, 6.07) is 4.41. The topological polar surface area (TPSA) is 75.2 Å². The molecule has 0 aliphatic heterocycles. The van der Waals surface area contributed by atoms with Crippen molar-refractivity contribution in [3.8, 4) is 17.0 Å². The first-order valence-electron chi connectivity index (χ1n) is 5.37. The summed E-state index contributed by atoms with van der Waals surface area (Å²) in [5, 5.41) is 14.5. The molecule has 2 aromatic rings. The Morgan fingerprint density at radius 3 is 2.55 bits per heavy atom. The van der Waals surface area contributed by atoms with Gasteiger partial charge in [0, 0.05) is 5.56 Å². The molecule has 0 fully saturated rings. The third-order valence-corrected chi connectivity index (χ3v) is 2.62. The fourth-order valence-corrected chi connectivity index (χ4v) is 1.68. The maximum Gasteiger partial charge on any atom is 0.417 e. The summed E-state index contributed by atoms with van der Waals surface area (Å²) in [7, 11) is 1.26. The average molecular weight is 286 g/mol. The molecule has 0 bridgehead atoms. The van der Waals surface area contributed by atoms with Crippen LogP contribution >= 0.6 is 0 Å². The molecular weight excluding hydrogens is 277 g/mol. The van der Waals surface area contributed by atoms with Gasteiger partial charge in [0.1, 0.15) is 11.4 Å². The Hall–Kier alpha value is -2.51. The van der Waals surface area contributed by atoms with Crippen molar-refractivity contribution < 1.29 is 27.8 Å². The van der Waals surface area contributed by atoms with E-state index >= 15 is 0 Å². The number of alkyl halides is 3. The maximum absolute atomic E-state index is 13.0. The lowest BCUT2D eigenvalue weighted by atomic mass is 10.0. The number of nitrogens with zero attached hydrogens (tertiary/aromatic N) is 1. The summed E-state index contributed by atoms with van der Waals surface area (Å²) in [5.41, 5.74) is -1.55. The van der Waals surface area contributed by atoms with Gasteiger partial charge in [-0.3, -0.25) is 5.10 Å². The van der Waals surface area contributed by atoms with Crippen LogP contribution in [0.3, 0.4) is 0 Å². The normalized spacial score (nSPS) is 11.4. The minimum absolute atomic E-state index is 0.0510. The van der Waals surface area contributed by atoms with Crippen LogP contribution in [0.2, 0.25) is 0 Å². The molecule has 0 unspecified atom stereocenters. The van der Waals surface area contributed by atoms with Gasteiger partial charge in [-0.05, 0) is 24.3 Å². The summed E-state index contributed by atoms with van der Waals surface area (Å²) in [4.78, 5) is 10.7. The van der Waals surface area contributed by atoms with Crippen molar-refractivity contribution in [2.24, 2.45) is 0 Å². The van der Waals surface area contributed by atoms with Gasteiger partial charge >= 0.3 is 12.1 Å². The Balaban J connectivity index is 2.57. The Labute approximate surface area is 111 Å². The van der Waals surface area contributed by atoms with Gasteiger partial charge in [0.25, 0.3) is 0 Å². The monoisotopic (exact) mass is 286 g/mol. The highest BCUT2D eigenvalue weighted by atomic mass is 19.4. The second kappa shape index (κ2) is 4.87. The van der Waals surface area contributed by atoms with Crippen LogP contribution in [0.25, 0.3) is 11.3 Å². The van der Waals surface area contributed by atoms with E-state index in [9.17, 15) is 18.0 Å². The zero-order valence-corrected chi connectivity index (χ0v) is 10.2. The van der Waals surface area contributed by atoms with Crippen LogP contribution < -0.4 is 4.74 Å². The second-order valence-corrected chi connectivity index (χ2v) is 3.88. The fraction of sp³-hybridized carbons (Fsp3) is 0.167. The van der Waals surface area contributed by atoms with Gasteiger partial charge in [-0.1, -0.05) is 0 Å². The number of carboxylic acids is 1. The van der Waals surface area contributed by atoms with Gasteiger partial charge in [0.2, 0.25) is 0 Å². The number of nitrogens with one attached hydrogen (secondary N) is 1. The molecule has 2 rings (SSSR count). The molecule has 2 N–H and O–H groups in total. The van der Waals surface area contributed by atoms with E-state index < -0.39 is 17.7 Å². The van der Waals surface area contributed by atoms with E-state index in [1.165, 1.54) is 19.2 Å². The first-order chi connectivity index (χ1) is 9.32. The molecule has 8 heteroatoms. The first-order valence-corrected chi connectivity index (χ1v) is 5.37. The van der Waals surface area contributed by atoms with E-state index in [2.05, 4.69) is 10.2 Å². The van der Waals surface area contributed by atoms with Crippen molar-refractivity contribution in [3.05, 3.63) is 35.5 Å². The standard InChI is InChI=1S/C12H9F3N2O3/c1-20-6-2-3-7(8(4-6)12(13,14)15)9-5-10(11(18)19)17-16-9/h2-5H,1H3,(H,16,17)(H,18,19). The van der Waals surface area contributed by atoms with E-state index in [0.717, 1.165) is 12.1 Å². The van der Waals surface area contributed by atoms with Crippen LogP contribution in [-0.4, -0.2) is 28.4 Å². The highest BCUT2D eigenvalue weighted by Crippen LogP contribution is 2.38. The van der Waals surface area contributed by atoms with E-state index in [0.29, 0.717) is 0 Å². The Bertz CT molecular complexity index is 650. The Kier molecular flexibility index (Phi) is 3.39. The molecule has 20 heavy (non-hydrogen) atoms. The number of aromatic nitrogens is 2. The second-order valence-electron chi connectivity index (χ2n) is 3.88. The van der Waals surface area contributed by atoms with E-state index in [1.807, 2.05) is 0 Å². The van der Waals surface area contributed by atoms with Crippen LogP contribution in [0.15, 0.2) is 24.3 Å². The number of hydrogen-bond acceptors (Lipinski definition) is 3. The largest absolute Gasteiger partial charge is 0.497 e. The van der Waals surface area contributed by atoms with Crippen molar-refractivity contribution in [2.45, 2.75) is 6.18 Å². The smallest absolute Gasteiger partial charge is 0.417 e. The molecule has 0 amide bonds. The summed E-state index contributed by atoms with van der Waals surface area (Å²) in [6.45, 7) is 0. The molecule has 1 aromatic carbocycles. The van der Waals surface area contributed by atoms with Crippen molar-refractivity contribution in [3.63, 3.8) is 0 Å². The van der Waals surface area contributed by atoms with Gasteiger partial charge in [-0.15, -0.1) is 0 Å². The van der Waals surface area contributed by atoms with Gasteiger partial charge in [-0.25, -0.2) is 4.79 Å². The lowest BCUT2D eigenvalue weighted by molar-refractivity contribution is -0.137. The molecule has 106 valence electrons.